The first-order chi connectivity index (χ1) is 7.74. The fourth-order valence-electron chi connectivity index (χ4n) is 1.30. The van der Waals surface area contributed by atoms with Crippen molar-refractivity contribution in [3.63, 3.8) is 0 Å². The second kappa shape index (κ2) is 4.60. The summed E-state index contributed by atoms with van der Waals surface area (Å²) in [6.07, 6.45) is 1.58. The van der Waals surface area contributed by atoms with E-state index in [1.54, 1.807) is 0 Å². The normalized spacial score (nSPS) is 15.2. The molecule has 4 N–H and O–H groups in total. The number of hydrogen-bond acceptors (Lipinski definition) is 3. The highest BCUT2D eigenvalue weighted by Gasteiger charge is 2.37. The highest BCUT2D eigenvalue weighted by molar-refractivity contribution is 5.90. The molecule has 0 saturated heterocycles. The molecule has 0 heterocycles. The molecule has 0 radical (unpaired) electrons. The third-order valence-corrected chi connectivity index (χ3v) is 2.59. The average molecular weight is 243 g/mol. The highest BCUT2D eigenvalue weighted by Crippen LogP contribution is 2.26. The molecule has 1 aliphatic carbocycles. The smallest absolute Gasteiger partial charge is 0.323 e. The number of carboxylic acid groups (broad SMARTS) is 1. The first kappa shape index (κ1) is 13.3. The van der Waals surface area contributed by atoms with E-state index < -0.39 is 23.4 Å². The standard InChI is InChI=1S/C10H17N3O4/c1-10(2,8(11)16)12-9(17)13(5-7(14)15)6-3-4-6/h6H,3-5H2,1-2H3,(H2,11,16)(H,12,17)(H,14,15). The number of urea groups is 1. The topological polar surface area (TPSA) is 113 Å². The van der Waals surface area contributed by atoms with Crippen LogP contribution in [-0.4, -0.2) is 46.0 Å². The summed E-state index contributed by atoms with van der Waals surface area (Å²) in [7, 11) is 0. The lowest BCUT2D eigenvalue weighted by Crippen LogP contribution is -2.57. The summed E-state index contributed by atoms with van der Waals surface area (Å²) in [5.41, 5.74) is 3.93. The van der Waals surface area contributed by atoms with Crippen molar-refractivity contribution >= 4 is 17.9 Å². The number of carbonyl (C=O) groups is 3. The van der Waals surface area contributed by atoms with Gasteiger partial charge in [-0.1, -0.05) is 0 Å². The summed E-state index contributed by atoms with van der Waals surface area (Å²) in [5.74, 6) is -1.75. The Morgan fingerprint density at radius 1 is 1.41 bits per heavy atom. The molecule has 96 valence electrons. The number of nitrogens with zero attached hydrogens (tertiary/aromatic N) is 1. The summed E-state index contributed by atoms with van der Waals surface area (Å²) in [5, 5.41) is 11.1. The molecule has 0 bridgehead atoms. The molecule has 1 rings (SSSR count). The third kappa shape index (κ3) is 3.61. The SMILES string of the molecule is CC(C)(NC(=O)N(CC(=O)O)C1CC1)C(N)=O. The lowest BCUT2D eigenvalue weighted by Gasteiger charge is -2.27. The summed E-state index contributed by atoms with van der Waals surface area (Å²) < 4.78 is 0. The van der Waals surface area contributed by atoms with Crippen molar-refractivity contribution < 1.29 is 19.5 Å². The number of carboxylic acids is 1. The lowest BCUT2D eigenvalue weighted by atomic mass is 10.1. The Hall–Kier alpha value is -1.79. The monoisotopic (exact) mass is 243 g/mol. The van der Waals surface area contributed by atoms with Crippen LogP contribution in [-0.2, 0) is 9.59 Å². The molecular formula is C10H17N3O4. The minimum absolute atomic E-state index is 0.0465. The van der Waals surface area contributed by atoms with Crippen molar-refractivity contribution in [2.24, 2.45) is 5.73 Å². The van der Waals surface area contributed by atoms with E-state index in [2.05, 4.69) is 5.32 Å². The number of hydrogen-bond donors (Lipinski definition) is 3. The summed E-state index contributed by atoms with van der Waals surface area (Å²) in [6, 6.07) is -0.617. The van der Waals surface area contributed by atoms with Gasteiger partial charge in [0.1, 0.15) is 12.1 Å². The molecule has 7 nitrogen and oxygen atoms in total. The van der Waals surface area contributed by atoms with Crippen molar-refractivity contribution in [2.45, 2.75) is 38.3 Å². The van der Waals surface area contributed by atoms with Gasteiger partial charge in [-0.25, -0.2) is 4.79 Å². The third-order valence-electron chi connectivity index (χ3n) is 2.59. The van der Waals surface area contributed by atoms with Gasteiger partial charge in [0.05, 0.1) is 0 Å². The van der Waals surface area contributed by atoms with Gasteiger partial charge in [0.2, 0.25) is 5.91 Å². The van der Waals surface area contributed by atoms with Gasteiger partial charge in [0.15, 0.2) is 0 Å². The van der Waals surface area contributed by atoms with Crippen molar-refractivity contribution in [1.29, 1.82) is 0 Å². The van der Waals surface area contributed by atoms with Crippen molar-refractivity contribution in [3.8, 4) is 0 Å². The van der Waals surface area contributed by atoms with Gasteiger partial charge in [-0.05, 0) is 26.7 Å². The maximum absolute atomic E-state index is 11.8. The maximum Gasteiger partial charge on any atom is 0.323 e. The van der Waals surface area contributed by atoms with Crippen LogP contribution >= 0.6 is 0 Å². The van der Waals surface area contributed by atoms with Crippen LogP contribution in [0.4, 0.5) is 4.79 Å². The minimum Gasteiger partial charge on any atom is -0.480 e. The number of carbonyl (C=O) groups excluding carboxylic acids is 2. The quantitative estimate of drug-likeness (QED) is 0.604. The minimum atomic E-state index is -1.19. The molecule has 1 fully saturated rings. The molecule has 0 aliphatic heterocycles. The van der Waals surface area contributed by atoms with E-state index >= 15 is 0 Å². The second-order valence-electron chi connectivity index (χ2n) is 4.67. The van der Waals surface area contributed by atoms with E-state index in [9.17, 15) is 14.4 Å². The van der Waals surface area contributed by atoms with Crippen LogP contribution in [0.25, 0.3) is 0 Å². The zero-order valence-electron chi connectivity index (χ0n) is 9.90. The van der Waals surface area contributed by atoms with Gasteiger partial charge < -0.3 is 21.1 Å². The van der Waals surface area contributed by atoms with E-state index in [1.165, 1.54) is 18.7 Å². The van der Waals surface area contributed by atoms with E-state index in [1.807, 2.05) is 0 Å². The Balaban J connectivity index is 2.65. The average Bonchev–Trinajstić information content (AvgIpc) is 2.95. The van der Waals surface area contributed by atoms with Crippen LogP contribution in [0.3, 0.4) is 0 Å². The summed E-state index contributed by atoms with van der Waals surface area (Å²) in [6.45, 7) is 2.57. The van der Waals surface area contributed by atoms with Gasteiger partial charge in [-0.2, -0.15) is 0 Å². The highest BCUT2D eigenvalue weighted by atomic mass is 16.4. The Morgan fingerprint density at radius 3 is 2.29 bits per heavy atom. The van der Waals surface area contributed by atoms with E-state index in [-0.39, 0.29) is 12.6 Å². The predicted octanol–water partition coefficient (Wildman–Crippen LogP) is -0.491. The lowest BCUT2D eigenvalue weighted by molar-refractivity contribution is -0.137. The Labute approximate surface area is 98.9 Å². The molecule has 0 aromatic heterocycles. The molecule has 0 spiro atoms. The summed E-state index contributed by atoms with van der Waals surface area (Å²) >= 11 is 0. The Kier molecular flexibility index (Phi) is 3.59. The van der Waals surface area contributed by atoms with Gasteiger partial charge in [0, 0.05) is 6.04 Å². The maximum atomic E-state index is 11.8. The number of rotatable bonds is 5. The van der Waals surface area contributed by atoms with Crippen molar-refractivity contribution in [2.75, 3.05) is 6.54 Å². The van der Waals surface area contributed by atoms with E-state index in [0.717, 1.165) is 12.8 Å². The fourth-order valence-corrected chi connectivity index (χ4v) is 1.30. The van der Waals surface area contributed by atoms with Crippen LogP contribution in [0.5, 0.6) is 0 Å². The number of amides is 3. The largest absolute Gasteiger partial charge is 0.480 e. The zero-order valence-corrected chi connectivity index (χ0v) is 9.90. The molecule has 0 unspecified atom stereocenters. The van der Waals surface area contributed by atoms with E-state index in [4.69, 9.17) is 10.8 Å². The number of aliphatic carboxylic acids is 1. The van der Waals surface area contributed by atoms with Crippen LogP contribution in [0.2, 0.25) is 0 Å². The number of primary amides is 1. The first-order valence-corrected chi connectivity index (χ1v) is 5.34. The second-order valence-corrected chi connectivity index (χ2v) is 4.67. The van der Waals surface area contributed by atoms with Crippen LogP contribution in [0.15, 0.2) is 0 Å². The van der Waals surface area contributed by atoms with Crippen LogP contribution in [0, 0.1) is 0 Å². The van der Waals surface area contributed by atoms with Crippen molar-refractivity contribution in [1.82, 2.24) is 10.2 Å². The van der Waals surface area contributed by atoms with E-state index in [0.29, 0.717) is 0 Å². The van der Waals surface area contributed by atoms with Crippen LogP contribution in [0.1, 0.15) is 26.7 Å². The fraction of sp³-hybridized carbons (Fsp3) is 0.700. The summed E-state index contributed by atoms with van der Waals surface area (Å²) in [4.78, 5) is 34.7. The van der Waals surface area contributed by atoms with Gasteiger partial charge in [0.25, 0.3) is 0 Å². The number of nitrogens with one attached hydrogen (secondary N) is 1. The van der Waals surface area contributed by atoms with Crippen molar-refractivity contribution in [3.05, 3.63) is 0 Å². The molecule has 17 heavy (non-hydrogen) atoms. The molecule has 0 aromatic carbocycles. The molecule has 1 aliphatic rings. The van der Waals surface area contributed by atoms with Gasteiger partial charge >= 0.3 is 12.0 Å². The first-order valence-electron chi connectivity index (χ1n) is 5.34. The van der Waals surface area contributed by atoms with Gasteiger partial charge in [-0.3, -0.25) is 9.59 Å². The molecule has 7 heteroatoms. The number of nitrogens with two attached hydrogens (primary N) is 1. The molecule has 0 atom stereocenters. The van der Waals surface area contributed by atoms with Crippen LogP contribution < -0.4 is 11.1 Å². The predicted molar refractivity (Wildman–Crippen MR) is 59.2 cm³/mol. The Bertz CT molecular complexity index is 349. The zero-order chi connectivity index (χ0) is 13.2. The molecule has 1 saturated carbocycles. The molecule has 3 amide bonds. The molecule has 0 aromatic rings. The Morgan fingerprint density at radius 2 is 1.94 bits per heavy atom. The molecular weight excluding hydrogens is 226 g/mol. The van der Waals surface area contributed by atoms with Gasteiger partial charge in [-0.15, -0.1) is 0 Å².